The lowest BCUT2D eigenvalue weighted by molar-refractivity contribution is -0.274. The smallest absolute Gasteiger partial charge is 0.406 e. The average Bonchev–Trinajstić information content (AvgIpc) is 2.15. The van der Waals surface area contributed by atoms with Crippen molar-refractivity contribution in [2.24, 2.45) is 0 Å². The Bertz CT molecular complexity index is 481. The molecule has 5 heteroatoms. The summed E-state index contributed by atoms with van der Waals surface area (Å²) in [6.45, 7) is 0. The summed E-state index contributed by atoms with van der Waals surface area (Å²) < 4.78 is 39.5. The highest BCUT2D eigenvalue weighted by Gasteiger charge is 2.31. The summed E-state index contributed by atoms with van der Waals surface area (Å²) in [5, 5.41) is 1.43. The molecule has 1 heterocycles. The van der Waals surface area contributed by atoms with Crippen LogP contribution in [0.3, 0.4) is 0 Å². The third-order valence-electron chi connectivity index (χ3n) is 1.85. The van der Waals surface area contributed by atoms with E-state index in [9.17, 15) is 13.2 Å². The first-order valence-corrected chi connectivity index (χ1v) is 4.14. The molecule has 0 unspecified atom stereocenters. The molecule has 0 aliphatic heterocycles. The quantitative estimate of drug-likeness (QED) is 0.726. The Hall–Kier alpha value is -1.78. The molecular formula is C10H6F3NO. The predicted octanol–water partition coefficient (Wildman–Crippen LogP) is 3.13. The number of halogens is 3. The molecule has 0 bridgehead atoms. The summed E-state index contributed by atoms with van der Waals surface area (Å²) in [5.74, 6) is -0.233. The van der Waals surface area contributed by atoms with Gasteiger partial charge >= 0.3 is 6.36 Å². The molecule has 2 nitrogen and oxygen atoms in total. The van der Waals surface area contributed by atoms with Crippen molar-refractivity contribution in [1.82, 2.24) is 4.98 Å². The Labute approximate surface area is 83.3 Å². The van der Waals surface area contributed by atoms with E-state index >= 15 is 0 Å². The number of ether oxygens (including phenoxy) is 1. The van der Waals surface area contributed by atoms with Crippen molar-refractivity contribution in [3.05, 3.63) is 36.7 Å². The fourth-order valence-electron chi connectivity index (χ4n) is 1.26. The lowest BCUT2D eigenvalue weighted by Gasteiger charge is -2.08. The molecular weight excluding hydrogens is 207 g/mol. The van der Waals surface area contributed by atoms with Gasteiger partial charge in [-0.2, -0.15) is 0 Å². The standard InChI is InChI=1S/C10H6F3NO/c11-10(12,13)15-9-2-1-7-3-4-14-6-8(7)5-9/h1-6H. The number of fused-ring (bicyclic) bond motifs is 1. The van der Waals surface area contributed by atoms with E-state index in [4.69, 9.17) is 0 Å². The van der Waals surface area contributed by atoms with Crippen molar-refractivity contribution in [3.8, 4) is 5.75 Å². The maximum absolute atomic E-state index is 11.9. The van der Waals surface area contributed by atoms with Gasteiger partial charge in [-0.15, -0.1) is 13.2 Å². The zero-order valence-corrected chi connectivity index (χ0v) is 7.45. The minimum Gasteiger partial charge on any atom is -0.406 e. The van der Waals surface area contributed by atoms with Crippen molar-refractivity contribution < 1.29 is 17.9 Å². The maximum Gasteiger partial charge on any atom is 0.573 e. The lowest BCUT2D eigenvalue weighted by Crippen LogP contribution is -2.16. The van der Waals surface area contributed by atoms with Gasteiger partial charge in [-0.3, -0.25) is 4.98 Å². The van der Waals surface area contributed by atoms with Gasteiger partial charge in [0.2, 0.25) is 0 Å². The first kappa shape index (κ1) is 9.76. The highest BCUT2D eigenvalue weighted by molar-refractivity contribution is 5.82. The van der Waals surface area contributed by atoms with Crippen molar-refractivity contribution >= 4 is 10.8 Å². The molecule has 0 saturated carbocycles. The topological polar surface area (TPSA) is 22.1 Å². The SMILES string of the molecule is FC(F)(F)Oc1ccc2ccncc2c1. The first-order valence-electron chi connectivity index (χ1n) is 4.14. The molecule has 0 fully saturated rings. The Morgan fingerprint density at radius 2 is 1.87 bits per heavy atom. The summed E-state index contributed by atoms with van der Waals surface area (Å²) in [6, 6.07) is 5.84. The molecule has 15 heavy (non-hydrogen) atoms. The largest absolute Gasteiger partial charge is 0.573 e. The van der Waals surface area contributed by atoms with Crippen LogP contribution in [0.15, 0.2) is 36.7 Å². The number of benzene rings is 1. The predicted molar refractivity (Wildman–Crippen MR) is 48.4 cm³/mol. The molecule has 0 aliphatic carbocycles. The molecule has 0 saturated heterocycles. The van der Waals surface area contributed by atoms with Crippen molar-refractivity contribution in [3.63, 3.8) is 0 Å². The van der Waals surface area contributed by atoms with Gasteiger partial charge in [0.1, 0.15) is 5.75 Å². The lowest BCUT2D eigenvalue weighted by atomic mass is 10.2. The summed E-state index contributed by atoms with van der Waals surface area (Å²) in [4.78, 5) is 3.81. The van der Waals surface area contributed by atoms with E-state index in [1.807, 2.05) is 0 Å². The molecule has 1 aromatic heterocycles. The second-order valence-corrected chi connectivity index (χ2v) is 2.93. The zero-order valence-electron chi connectivity index (χ0n) is 7.45. The minimum atomic E-state index is -4.66. The molecule has 0 aliphatic rings. The fraction of sp³-hybridized carbons (Fsp3) is 0.100. The molecule has 2 aromatic rings. The Morgan fingerprint density at radius 1 is 1.07 bits per heavy atom. The molecule has 0 N–H and O–H groups in total. The molecule has 0 radical (unpaired) electrons. The third kappa shape index (κ3) is 2.37. The summed E-state index contributed by atoms with van der Waals surface area (Å²) in [5.41, 5.74) is 0. The Kier molecular flexibility index (Phi) is 2.22. The third-order valence-corrected chi connectivity index (χ3v) is 1.85. The number of hydrogen-bond donors (Lipinski definition) is 0. The van der Waals surface area contributed by atoms with Gasteiger partial charge in [0.05, 0.1) is 0 Å². The second-order valence-electron chi connectivity index (χ2n) is 2.93. The van der Waals surface area contributed by atoms with Crippen LogP contribution in [0.5, 0.6) is 5.75 Å². The minimum absolute atomic E-state index is 0.233. The molecule has 1 aromatic carbocycles. The van der Waals surface area contributed by atoms with Crippen LogP contribution in [0.4, 0.5) is 13.2 Å². The van der Waals surface area contributed by atoms with Crippen LogP contribution in [0, 0.1) is 0 Å². The van der Waals surface area contributed by atoms with E-state index in [1.54, 1.807) is 18.3 Å². The van der Waals surface area contributed by atoms with E-state index in [1.165, 1.54) is 18.3 Å². The van der Waals surface area contributed by atoms with Crippen molar-refractivity contribution in [2.45, 2.75) is 6.36 Å². The normalized spacial score (nSPS) is 11.7. The van der Waals surface area contributed by atoms with Gasteiger partial charge in [-0.1, -0.05) is 6.07 Å². The second kappa shape index (κ2) is 3.42. The molecule has 0 amide bonds. The van der Waals surface area contributed by atoms with Crippen LogP contribution in [-0.2, 0) is 0 Å². The zero-order chi connectivity index (χ0) is 10.9. The van der Waals surface area contributed by atoms with Crippen LogP contribution in [-0.4, -0.2) is 11.3 Å². The van der Waals surface area contributed by atoms with E-state index in [-0.39, 0.29) is 5.75 Å². The molecule has 78 valence electrons. The van der Waals surface area contributed by atoms with Gasteiger partial charge < -0.3 is 4.74 Å². The van der Waals surface area contributed by atoms with Gasteiger partial charge in [-0.05, 0) is 23.6 Å². The van der Waals surface area contributed by atoms with Crippen LogP contribution in [0.25, 0.3) is 10.8 Å². The summed E-state index contributed by atoms with van der Waals surface area (Å²) in [6.07, 6.45) is -1.60. The molecule has 2 rings (SSSR count). The van der Waals surface area contributed by atoms with E-state index in [0.29, 0.717) is 5.39 Å². The van der Waals surface area contributed by atoms with Crippen LogP contribution < -0.4 is 4.74 Å². The number of nitrogens with zero attached hydrogens (tertiary/aromatic N) is 1. The molecule has 0 spiro atoms. The number of pyridine rings is 1. The van der Waals surface area contributed by atoms with E-state index in [2.05, 4.69) is 9.72 Å². The Morgan fingerprint density at radius 3 is 2.60 bits per heavy atom. The molecule has 0 atom stereocenters. The number of aromatic nitrogens is 1. The summed E-state index contributed by atoms with van der Waals surface area (Å²) in [7, 11) is 0. The maximum atomic E-state index is 11.9. The van der Waals surface area contributed by atoms with Crippen LogP contribution >= 0.6 is 0 Å². The van der Waals surface area contributed by atoms with Crippen molar-refractivity contribution in [1.29, 1.82) is 0 Å². The van der Waals surface area contributed by atoms with E-state index in [0.717, 1.165) is 5.39 Å². The van der Waals surface area contributed by atoms with E-state index < -0.39 is 6.36 Å². The van der Waals surface area contributed by atoms with Crippen LogP contribution in [0.2, 0.25) is 0 Å². The first-order chi connectivity index (χ1) is 7.04. The van der Waals surface area contributed by atoms with Crippen LogP contribution in [0.1, 0.15) is 0 Å². The number of hydrogen-bond acceptors (Lipinski definition) is 2. The average molecular weight is 213 g/mol. The van der Waals surface area contributed by atoms with Gasteiger partial charge in [0.25, 0.3) is 0 Å². The Balaban J connectivity index is 2.39. The van der Waals surface area contributed by atoms with Gasteiger partial charge in [-0.25, -0.2) is 0 Å². The van der Waals surface area contributed by atoms with Crippen molar-refractivity contribution in [2.75, 3.05) is 0 Å². The fourth-order valence-corrected chi connectivity index (χ4v) is 1.26. The number of alkyl halides is 3. The highest BCUT2D eigenvalue weighted by Crippen LogP contribution is 2.25. The van der Waals surface area contributed by atoms with Gasteiger partial charge in [0, 0.05) is 17.8 Å². The summed E-state index contributed by atoms with van der Waals surface area (Å²) >= 11 is 0. The van der Waals surface area contributed by atoms with Gasteiger partial charge in [0.15, 0.2) is 0 Å². The highest BCUT2D eigenvalue weighted by atomic mass is 19.4. The monoisotopic (exact) mass is 213 g/mol. The number of rotatable bonds is 1.